The van der Waals surface area contributed by atoms with Crippen molar-refractivity contribution in [1.82, 2.24) is 0 Å². The van der Waals surface area contributed by atoms with Crippen molar-refractivity contribution in [2.24, 2.45) is 28.6 Å². The van der Waals surface area contributed by atoms with Gasteiger partial charge in [0.2, 0.25) is 0 Å². The number of carbonyl (C=O) groups is 2. The summed E-state index contributed by atoms with van der Waals surface area (Å²) in [4.78, 5) is 23.8. The Morgan fingerprint density at radius 1 is 1.20 bits per heavy atom. The third-order valence-corrected chi connectivity index (χ3v) is 8.23. The summed E-state index contributed by atoms with van der Waals surface area (Å²) in [6, 6.07) is 0. The second-order valence-corrected chi connectivity index (χ2v) is 9.33. The summed E-state index contributed by atoms with van der Waals surface area (Å²) in [5.74, 6) is 1.12. The molecule has 4 heteroatoms. The van der Waals surface area contributed by atoms with E-state index in [1.165, 1.54) is 12.5 Å². The summed E-state index contributed by atoms with van der Waals surface area (Å²) in [5, 5.41) is 10.6. The van der Waals surface area contributed by atoms with Gasteiger partial charge in [0.1, 0.15) is 6.10 Å². The van der Waals surface area contributed by atoms with Crippen LogP contribution in [-0.2, 0) is 14.3 Å². The minimum atomic E-state index is -0.242. The van der Waals surface area contributed by atoms with Crippen molar-refractivity contribution >= 4 is 11.8 Å². The van der Waals surface area contributed by atoms with E-state index in [-0.39, 0.29) is 34.8 Å². The highest BCUT2D eigenvalue weighted by molar-refractivity contribution is 5.91. The molecule has 0 spiro atoms. The van der Waals surface area contributed by atoms with Crippen molar-refractivity contribution in [3.63, 3.8) is 0 Å². The molecule has 25 heavy (non-hydrogen) atoms. The van der Waals surface area contributed by atoms with E-state index in [2.05, 4.69) is 13.8 Å². The first kappa shape index (κ1) is 17.3. The molecule has 0 heterocycles. The smallest absolute Gasteiger partial charge is 0.302 e. The number of ether oxygens (including phenoxy) is 1. The molecule has 1 N–H and O–H groups in total. The Morgan fingerprint density at radius 3 is 2.68 bits per heavy atom. The number of carbonyl (C=O) groups excluding carboxylic acids is 2. The van der Waals surface area contributed by atoms with Gasteiger partial charge in [0.15, 0.2) is 5.78 Å². The van der Waals surface area contributed by atoms with Crippen molar-refractivity contribution < 1.29 is 19.4 Å². The summed E-state index contributed by atoms with van der Waals surface area (Å²) in [6.07, 6.45) is 7.64. The van der Waals surface area contributed by atoms with Crippen LogP contribution < -0.4 is 0 Å². The fraction of sp³-hybridized carbons (Fsp3) is 0.810. The van der Waals surface area contributed by atoms with E-state index in [1.54, 1.807) is 0 Å². The van der Waals surface area contributed by atoms with Gasteiger partial charge in [0.25, 0.3) is 0 Å². The molecule has 2 unspecified atom stereocenters. The minimum Gasteiger partial charge on any atom is -0.462 e. The molecule has 0 radical (unpaired) electrons. The molecule has 4 rings (SSSR count). The lowest BCUT2D eigenvalue weighted by Crippen LogP contribution is -2.56. The molecule has 0 aromatic carbocycles. The van der Waals surface area contributed by atoms with Gasteiger partial charge in [-0.1, -0.05) is 19.4 Å². The molecule has 0 aromatic rings. The minimum absolute atomic E-state index is 0.0457. The lowest BCUT2D eigenvalue weighted by atomic mass is 9.46. The van der Waals surface area contributed by atoms with Crippen LogP contribution in [0, 0.1) is 28.6 Å². The Hall–Kier alpha value is -1.16. The van der Waals surface area contributed by atoms with Crippen LogP contribution in [0.5, 0.6) is 0 Å². The quantitative estimate of drug-likeness (QED) is 0.739. The van der Waals surface area contributed by atoms with Crippen molar-refractivity contribution in [2.45, 2.75) is 77.9 Å². The monoisotopic (exact) mass is 346 g/mol. The van der Waals surface area contributed by atoms with Gasteiger partial charge in [-0.05, 0) is 60.8 Å². The van der Waals surface area contributed by atoms with Gasteiger partial charge in [0, 0.05) is 25.7 Å². The van der Waals surface area contributed by atoms with Crippen LogP contribution in [0.2, 0.25) is 0 Å². The van der Waals surface area contributed by atoms with Gasteiger partial charge in [0.05, 0.1) is 6.10 Å². The SMILES string of the molecule is CC(=O)O[C@@H]1CC2=CC(=O)CC[C@]2(C)C2CC[C@@]3(C)C(CC[C@@H]3O)[C@@H]21. The molecular weight excluding hydrogens is 316 g/mol. The Morgan fingerprint density at radius 2 is 1.96 bits per heavy atom. The van der Waals surface area contributed by atoms with Crippen LogP contribution in [0.3, 0.4) is 0 Å². The maximum atomic E-state index is 12.0. The highest BCUT2D eigenvalue weighted by Gasteiger charge is 2.62. The molecule has 4 aliphatic carbocycles. The first-order valence-electron chi connectivity index (χ1n) is 9.85. The van der Waals surface area contributed by atoms with E-state index in [1.807, 2.05) is 6.08 Å². The topological polar surface area (TPSA) is 63.6 Å². The number of aliphatic hydroxyl groups is 1. The molecule has 7 atom stereocenters. The lowest BCUT2D eigenvalue weighted by Gasteiger charge is -2.59. The van der Waals surface area contributed by atoms with E-state index >= 15 is 0 Å². The lowest BCUT2D eigenvalue weighted by molar-refractivity contribution is -0.167. The highest BCUT2D eigenvalue weighted by atomic mass is 16.5. The molecular formula is C21H30O4. The van der Waals surface area contributed by atoms with E-state index in [0.29, 0.717) is 30.6 Å². The Labute approximate surface area is 150 Å². The molecule has 0 aromatic heterocycles. The Balaban J connectivity index is 1.76. The zero-order valence-electron chi connectivity index (χ0n) is 15.6. The maximum absolute atomic E-state index is 12.0. The van der Waals surface area contributed by atoms with Crippen LogP contribution in [0.4, 0.5) is 0 Å². The average molecular weight is 346 g/mol. The van der Waals surface area contributed by atoms with Crippen molar-refractivity contribution in [2.75, 3.05) is 0 Å². The van der Waals surface area contributed by atoms with Gasteiger partial charge in [-0.3, -0.25) is 9.59 Å². The molecule has 3 fully saturated rings. The summed E-state index contributed by atoms with van der Waals surface area (Å²) >= 11 is 0. The van der Waals surface area contributed by atoms with Crippen molar-refractivity contribution in [1.29, 1.82) is 0 Å². The molecule has 3 saturated carbocycles. The number of hydrogen-bond donors (Lipinski definition) is 1. The number of aliphatic hydroxyl groups excluding tert-OH is 1. The van der Waals surface area contributed by atoms with E-state index in [9.17, 15) is 14.7 Å². The molecule has 0 saturated heterocycles. The van der Waals surface area contributed by atoms with Crippen LogP contribution in [0.15, 0.2) is 11.6 Å². The van der Waals surface area contributed by atoms with Gasteiger partial charge < -0.3 is 9.84 Å². The van der Waals surface area contributed by atoms with E-state index in [0.717, 1.165) is 32.1 Å². The molecule has 4 aliphatic rings. The van der Waals surface area contributed by atoms with Gasteiger partial charge in [-0.2, -0.15) is 0 Å². The number of esters is 1. The van der Waals surface area contributed by atoms with Crippen molar-refractivity contribution in [3.05, 3.63) is 11.6 Å². The van der Waals surface area contributed by atoms with Crippen LogP contribution in [-0.4, -0.2) is 29.1 Å². The number of hydrogen-bond acceptors (Lipinski definition) is 4. The van der Waals surface area contributed by atoms with Gasteiger partial charge >= 0.3 is 5.97 Å². The second-order valence-electron chi connectivity index (χ2n) is 9.33. The van der Waals surface area contributed by atoms with Gasteiger partial charge in [-0.25, -0.2) is 0 Å². The van der Waals surface area contributed by atoms with Gasteiger partial charge in [-0.15, -0.1) is 0 Å². The summed E-state index contributed by atoms with van der Waals surface area (Å²) in [7, 11) is 0. The maximum Gasteiger partial charge on any atom is 0.302 e. The Kier molecular flexibility index (Phi) is 3.91. The van der Waals surface area contributed by atoms with Crippen LogP contribution in [0.1, 0.15) is 65.7 Å². The van der Waals surface area contributed by atoms with Crippen LogP contribution in [0.25, 0.3) is 0 Å². The van der Waals surface area contributed by atoms with Crippen molar-refractivity contribution in [3.8, 4) is 0 Å². The normalized spacial score (nSPS) is 48.9. The molecule has 0 bridgehead atoms. The largest absolute Gasteiger partial charge is 0.462 e. The predicted octanol–water partition coefficient (Wildman–Crippen LogP) is 3.42. The molecule has 4 nitrogen and oxygen atoms in total. The number of fused-ring (bicyclic) bond motifs is 5. The first-order chi connectivity index (χ1) is 11.8. The highest BCUT2D eigenvalue weighted by Crippen LogP contribution is 2.65. The van der Waals surface area contributed by atoms with E-state index < -0.39 is 0 Å². The molecule has 138 valence electrons. The third kappa shape index (κ3) is 2.43. The summed E-state index contributed by atoms with van der Waals surface area (Å²) in [5.41, 5.74) is 1.18. The zero-order chi connectivity index (χ0) is 18.0. The fourth-order valence-corrected chi connectivity index (χ4v) is 6.81. The van der Waals surface area contributed by atoms with Crippen LogP contribution >= 0.6 is 0 Å². The number of rotatable bonds is 1. The first-order valence-corrected chi connectivity index (χ1v) is 9.85. The summed E-state index contributed by atoms with van der Waals surface area (Å²) < 4.78 is 5.81. The fourth-order valence-electron chi connectivity index (χ4n) is 6.81. The molecule has 0 amide bonds. The zero-order valence-corrected chi connectivity index (χ0v) is 15.6. The number of ketones is 1. The summed E-state index contributed by atoms with van der Waals surface area (Å²) in [6.45, 7) is 6.03. The second kappa shape index (κ2) is 5.67. The third-order valence-electron chi connectivity index (χ3n) is 8.23. The van der Waals surface area contributed by atoms with E-state index in [4.69, 9.17) is 4.74 Å². The molecule has 0 aliphatic heterocycles. The standard InChI is InChI=1S/C21H30O4/c1-12(22)25-17-11-13-10-14(23)6-8-20(13,2)16-7-9-21(3)15(19(16)17)4-5-18(21)24/h10,15-19,24H,4-9,11H2,1-3H3/t15?,16?,17-,18+,19+,20+,21+/m1/s1. The Bertz CT molecular complexity index is 638. The predicted molar refractivity (Wildman–Crippen MR) is 93.7 cm³/mol. The average Bonchev–Trinajstić information content (AvgIpc) is 2.84.